The van der Waals surface area contributed by atoms with Gasteiger partial charge in [0.1, 0.15) is 0 Å². The molecule has 0 bridgehead atoms. The van der Waals surface area contributed by atoms with E-state index in [9.17, 15) is 19.0 Å². The van der Waals surface area contributed by atoms with Gasteiger partial charge in [-0.05, 0) is 94.4 Å². The maximum atomic E-state index is 13.7. The zero-order valence-corrected chi connectivity index (χ0v) is 20.2. The lowest BCUT2D eigenvalue weighted by atomic mass is 9.61. The predicted octanol–water partition coefficient (Wildman–Crippen LogP) is 5.57. The van der Waals surface area contributed by atoms with Gasteiger partial charge in [0, 0.05) is 19.0 Å². The summed E-state index contributed by atoms with van der Waals surface area (Å²) >= 11 is 0. The molecule has 1 saturated heterocycles. The second-order valence-electron chi connectivity index (χ2n) is 11.8. The Balaban J connectivity index is 1.41. The summed E-state index contributed by atoms with van der Waals surface area (Å²) in [6, 6.07) is 0. The monoisotopic (exact) mass is 451 g/mol. The van der Waals surface area contributed by atoms with Crippen LogP contribution in [0.1, 0.15) is 78.6 Å². The molecule has 1 unspecified atom stereocenters. The minimum atomic E-state index is -2.57. The third-order valence-electron chi connectivity index (χ3n) is 9.33. The maximum absolute atomic E-state index is 13.7. The molecule has 5 heteroatoms. The van der Waals surface area contributed by atoms with E-state index in [2.05, 4.69) is 30.9 Å². The molecule has 1 aliphatic heterocycles. The van der Waals surface area contributed by atoms with Gasteiger partial charge in [0.05, 0.1) is 12.2 Å². The van der Waals surface area contributed by atoms with Gasteiger partial charge >= 0.3 is 0 Å². The number of nitrogens with zero attached hydrogens (tertiary/aromatic N) is 1. The summed E-state index contributed by atoms with van der Waals surface area (Å²) in [6.07, 6.45) is 12.2. The van der Waals surface area contributed by atoms with Crippen molar-refractivity contribution in [3.8, 4) is 0 Å². The molecule has 4 rings (SSSR count). The van der Waals surface area contributed by atoms with Gasteiger partial charge in [-0.3, -0.25) is 0 Å². The molecule has 182 valence electrons. The van der Waals surface area contributed by atoms with Crippen LogP contribution in [0.4, 0.5) is 8.78 Å². The maximum Gasteiger partial charge on any atom is 0.249 e. The fourth-order valence-electron chi connectivity index (χ4n) is 7.69. The van der Waals surface area contributed by atoms with Crippen molar-refractivity contribution < 1.29 is 19.0 Å². The molecule has 3 nitrogen and oxygen atoms in total. The van der Waals surface area contributed by atoms with E-state index in [1.165, 1.54) is 25.7 Å². The van der Waals surface area contributed by atoms with E-state index >= 15 is 0 Å². The Morgan fingerprint density at radius 1 is 1.16 bits per heavy atom. The second-order valence-corrected chi connectivity index (χ2v) is 11.8. The van der Waals surface area contributed by atoms with Crippen molar-refractivity contribution in [1.82, 2.24) is 4.90 Å². The van der Waals surface area contributed by atoms with Gasteiger partial charge in [-0.25, -0.2) is 8.78 Å². The lowest BCUT2D eigenvalue weighted by Crippen LogP contribution is -2.40. The van der Waals surface area contributed by atoms with E-state index in [1.54, 1.807) is 5.57 Å². The minimum Gasteiger partial charge on any atom is -0.393 e. The number of rotatable bonds is 5. The van der Waals surface area contributed by atoms with Crippen molar-refractivity contribution in [3.63, 3.8) is 0 Å². The summed E-state index contributed by atoms with van der Waals surface area (Å²) in [4.78, 5) is 2.28. The largest absolute Gasteiger partial charge is 0.393 e. The predicted molar refractivity (Wildman–Crippen MR) is 125 cm³/mol. The molecule has 2 N–H and O–H groups in total. The van der Waals surface area contributed by atoms with Crippen molar-refractivity contribution in [2.75, 3.05) is 19.6 Å². The molecular weight excluding hydrogens is 408 g/mol. The molecule has 3 aliphatic carbocycles. The third-order valence-corrected chi connectivity index (χ3v) is 9.33. The molecule has 1 heterocycles. The Morgan fingerprint density at radius 2 is 1.88 bits per heavy atom. The van der Waals surface area contributed by atoms with Crippen molar-refractivity contribution in [3.05, 3.63) is 23.3 Å². The van der Waals surface area contributed by atoms with Crippen LogP contribution in [0.2, 0.25) is 0 Å². The number of hydrogen-bond donors (Lipinski definition) is 2. The summed E-state index contributed by atoms with van der Waals surface area (Å²) in [5, 5.41) is 20.0. The van der Waals surface area contributed by atoms with Gasteiger partial charge in [-0.15, -0.1) is 0 Å². The van der Waals surface area contributed by atoms with Crippen LogP contribution < -0.4 is 0 Å². The molecule has 0 amide bonds. The van der Waals surface area contributed by atoms with Crippen molar-refractivity contribution in [2.45, 2.75) is 96.7 Å². The van der Waals surface area contributed by atoms with Gasteiger partial charge in [-0.2, -0.15) is 0 Å². The van der Waals surface area contributed by atoms with Gasteiger partial charge in [-0.1, -0.05) is 37.1 Å². The average molecular weight is 452 g/mol. The fourth-order valence-corrected chi connectivity index (χ4v) is 7.69. The van der Waals surface area contributed by atoms with E-state index in [1.807, 2.05) is 0 Å². The molecule has 3 saturated carbocycles. The molecular formula is C27H43F2NO2. The highest BCUT2D eigenvalue weighted by atomic mass is 19.3. The Hall–Kier alpha value is -0.780. The van der Waals surface area contributed by atoms with Crippen LogP contribution in [0.3, 0.4) is 0 Å². The smallest absolute Gasteiger partial charge is 0.249 e. The van der Waals surface area contributed by atoms with E-state index < -0.39 is 24.0 Å². The van der Waals surface area contributed by atoms with Crippen molar-refractivity contribution in [2.24, 2.45) is 29.1 Å². The van der Waals surface area contributed by atoms with Crippen LogP contribution in [0.25, 0.3) is 0 Å². The van der Waals surface area contributed by atoms with Gasteiger partial charge in [0.25, 0.3) is 0 Å². The first-order valence-electron chi connectivity index (χ1n) is 12.9. The van der Waals surface area contributed by atoms with E-state index in [-0.39, 0.29) is 0 Å². The van der Waals surface area contributed by atoms with Crippen LogP contribution in [-0.4, -0.2) is 52.9 Å². The highest BCUT2D eigenvalue weighted by Gasteiger charge is 2.51. The Labute approximate surface area is 193 Å². The molecule has 4 fully saturated rings. The number of likely N-dealkylation sites (tertiary alicyclic amines) is 1. The molecule has 0 radical (unpaired) electrons. The summed E-state index contributed by atoms with van der Waals surface area (Å²) in [6.45, 7) is 8.19. The number of hydrogen-bond acceptors (Lipinski definition) is 3. The summed E-state index contributed by atoms with van der Waals surface area (Å²) in [5.74, 6) is -1.29. The molecule has 0 aromatic carbocycles. The number of aliphatic hydroxyl groups is 2. The molecule has 4 aliphatic rings. The van der Waals surface area contributed by atoms with Crippen LogP contribution >= 0.6 is 0 Å². The molecule has 32 heavy (non-hydrogen) atoms. The number of alkyl halides is 2. The Bertz CT molecular complexity index is 718. The van der Waals surface area contributed by atoms with Gasteiger partial charge in [0.2, 0.25) is 5.92 Å². The third kappa shape index (κ3) is 5.15. The first-order valence-corrected chi connectivity index (χ1v) is 12.9. The molecule has 0 aromatic heterocycles. The van der Waals surface area contributed by atoms with Crippen molar-refractivity contribution >= 4 is 0 Å². The second kappa shape index (κ2) is 9.46. The van der Waals surface area contributed by atoms with Crippen LogP contribution in [0, 0.1) is 29.1 Å². The Kier molecular flexibility index (Phi) is 7.20. The van der Waals surface area contributed by atoms with Gasteiger partial charge in [0.15, 0.2) is 0 Å². The van der Waals surface area contributed by atoms with E-state index in [0.29, 0.717) is 55.4 Å². The average Bonchev–Trinajstić information content (AvgIpc) is 3.29. The number of halogens is 2. The van der Waals surface area contributed by atoms with Gasteiger partial charge < -0.3 is 15.1 Å². The normalized spacial score (nSPS) is 42.5. The van der Waals surface area contributed by atoms with Crippen LogP contribution in [0.5, 0.6) is 0 Å². The van der Waals surface area contributed by atoms with E-state index in [0.717, 1.165) is 32.0 Å². The minimum absolute atomic E-state index is 0.293. The topological polar surface area (TPSA) is 43.7 Å². The fraction of sp³-hybridized carbons (Fsp3) is 0.852. The zero-order chi connectivity index (χ0) is 23.1. The Morgan fingerprint density at radius 3 is 2.53 bits per heavy atom. The summed E-state index contributed by atoms with van der Waals surface area (Å²) in [7, 11) is 0. The number of allylic oxidation sites excluding steroid dienone is 3. The number of fused-ring (bicyclic) bond motifs is 1. The molecule has 0 aromatic rings. The standard InChI is InChI=1S/C27H43F2NO2/c1-18(16-30-12-10-21(17-30)27(3,28)29)24-8-9-25-20(5-4-11-26(24,25)2)7-6-19-13-22(31)15-23(32)14-19/h6-7,18,21-25,31-32H,4-5,8-17H2,1-3H3/b19-6?,20-7+/t18?,21-,22-,23+,24+,25-,26+/m0/s1. The number of aliphatic hydroxyl groups excluding tert-OH is 2. The molecule has 7 atom stereocenters. The zero-order valence-electron chi connectivity index (χ0n) is 20.2. The highest BCUT2D eigenvalue weighted by molar-refractivity contribution is 5.26. The lowest BCUT2D eigenvalue weighted by molar-refractivity contribution is -0.0360. The highest BCUT2D eigenvalue weighted by Crippen LogP contribution is 2.59. The first-order chi connectivity index (χ1) is 15.1. The van der Waals surface area contributed by atoms with Crippen LogP contribution in [-0.2, 0) is 0 Å². The van der Waals surface area contributed by atoms with Crippen LogP contribution in [0.15, 0.2) is 23.3 Å². The summed E-state index contributed by atoms with van der Waals surface area (Å²) < 4.78 is 27.5. The van der Waals surface area contributed by atoms with E-state index in [4.69, 9.17) is 0 Å². The molecule has 0 spiro atoms. The lowest BCUT2D eigenvalue weighted by Gasteiger charge is -2.45. The summed E-state index contributed by atoms with van der Waals surface area (Å²) in [5.41, 5.74) is 3.00. The first kappa shape index (κ1) is 24.3. The van der Waals surface area contributed by atoms with Crippen molar-refractivity contribution in [1.29, 1.82) is 0 Å². The quantitative estimate of drug-likeness (QED) is 0.574. The SMILES string of the molecule is CC(CN1CC[C@H](C(C)(F)F)C1)[C@H]1CC[C@H]2/C(=C/C=C3C[C@@H](O)C[C@@H](O)C3)CCC[C@]12C.